The Bertz CT molecular complexity index is 1180. The van der Waals surface area contributed by atoms with Gasteiger partial charge in [-0.3, -0.25) is 4.79 Å². The summed E-state index contributed by atoms with van der Waals surface area (Å²) < 4.78 is 7.55. The highest BCUT2D eigenvalue weighted by Gasteiger charge is 2.22. The van der Waals surface area contributed by atoms with Crippen molar-refractivity contribution >= 4 is 16.8 Å². The Hall–Kier alpha value is -3.10. The molecular weight excluding hydrogens is 374 g/mol. The van der Waals surface area contributed by atoms with E-state index in [9.17, 15) is 10.1 Å². The fourth-order valence-corrected chi connectivity index (χ4v) is 4.41. The average molecular weight is 402 g/mol. The standard InChI is InChI=1S/C25H27N3O2/c1-16-5-6-21(25(29)28-7-9-30-10-8-28)18(3)22(16)13-20-14-23-17(2)11-19(15-26)12-24(23)27(20)4/h5-6,11-12,14H,7-10,13H2,1-4H3. The average Bonchev–Trinajstić information content (AvgIpc) is 3.07. The van der Waals surface area contributed by atoms with Crippen LogP contribution < -0.4 is 0 Å². The summed E-state index contributed by atoms with van der Waals surface area (Å²) in [5.74, 6) is 0.0867. The molecule has 0 aliphatic carbocycles. The lowest BCUT2D eigenvalue weighted by Crippen LogP contribution is -2.41. The molecule has 2 heterocycles. The van der Waals surface area contributed by atoms with Gasteiger partial charge in [-0.25, -0.2) is 0 Å². The molecule has 3 aromatic rings. The van der Waals surface area contributed by atoms with Crippen LogP contribution >= 0.6 is 0 Å². The number of morpholine rings is 1. The lowest BCUT2D eigenvalue weighted by Gasteiger charge is -2.28. The van der Waals surface area contributed by atoms with E-state index >= 15 is 0 Å². The van der Waals surface area contributed by atoms with Crippen molar-refractivity contribution in [3.8, 4) is 6.07 Å². The molecular formula is C25H27N3O2. The molecule has 154 valence electrons. The van der Waals surface area contributed by atoms with Gasteiger partial charge in [-0.2, -0.15) is 5.26 Å². The lowest BCUT2D eigenvalue weighted by molar-refractivity contribution is 0.0302. The molecule has 1 aromatic heterocycles. The number of rotatable bonds is 3. The van der Waals surface area contributed by atoms with Crippen LogP contribution in [-0.4, -0.2) is 41.7 Å². The number of nitrogens with zero attached hydrogens (tertiary/aromatic N) is 3. The van der Waals surface area contributed by atoms with Crippen molar-refractivity contribution in [2.24, 2.45) is 7.05 Å². The minimum absolute atomic E-state index is 0.0867. The van der Waals surface area contributed by atoms with Crippen molar-refractivity contribution in [3.05, 3.63) is 69.4 Å². The highest BCUT2D eigenvalue weighted by Crippen LogP contribution is 2.28. The van der Waals surface area contributed by atoms with Crippen molar-refractivity contribution in [3.63, 3.8) is 0 Å². The van der Waals surface area contributed by atoms with Gasteiger partial charge in [0.15, 0.2) is 0 Å². The van der Waals surface area contributed by atoms with Crippen LogP contribution in [0.2, 0.25) is 0 Å². The number of carbonyl (C=O) groups is 1. The van der Waals surface area contributed by atoms with E-state index in [2.05, 4.69) is 36.6 Å². The van der Waals surface area contributed by atoms with Gasteiger partial charge in [0.2, 0.25) is 0 Å². The van der Waals surface area contributed by atoms with Gasteiger partial charge in [0.25, 0.3) is 5.91 Å². The second kappa shape index (κ2) is 7.97. The molecule has 4 rings (SSSR count). The molecule has 0 radical (unpaired) electrons. The van der Waals surface area contributed by atoms with E-state index in [0.717, 1.165) is 28.6 Å². The molecule has 0 bridgehead atoms. The number of aromatic nitrogens is 1. The zero-order chi connectivity index (χ0) is 21.4. The second-order valence-corrected chi connectivity index (χ2v) is 8.15. The van der Waals surface area contributed by atoms with Crippen LogP contribution in [0.5, 0.6) is 0 Å². The largest absolute Gasteiger partial charge is 0.378 e. The summed E-state index contributed by atoms with van der Waals surface area (Å²) in [6, 6.07) is 12.4. The van der Waals surface area contributed by atoms with Crippen LogP contribution in [0.1, 0.15) is 43.9 Å². The van der Waals surface area contributed by atoms with Gasteiger partial charge >= 0.3 is 0 Å². The number of nitriles is 1. The van der Waals surface area contributed by atoms with E-state index in [1.54, 1.807) is 0 Å². The first-order chi connectivity index (χ1) is 14.4. The molecule has 1 fully saturated rings. The third-order valence-electron chi connectivity index (χ3n) is 6.32. The number of fused-ring (bicyclic) bond motifs is 1. The number of amides is 1. The molecule has 30 heavy (non-hydrogen) atoms. The zero-order valence-electron chi connectivity index (χ0n) is 18.1. The number of aryl methyl sites for hydroxylation is 3. The summed E-state index contributed by atoms with van der Waals surface area (Å²) in [6.45, 7) is 8.69. The molecule has 0 spiro atoms. The maximum atomic E-state index is 13.1. The third-order valence-corrected chi connectivity index (χ3v) is 6.32. The Labute approximate surface area is 177 Å². The van der Waals surface area contributed by atoms with Gasteiger partial charge < -0.3 is 14.2 Å². The molecule has 0 saturated carbocycles. The molecule has 1 aliphatic rings. The number of carbonyl (C=O) groups excluding carboxylic acids is 1. The second-order valence-electron chi connectivity index (χ2n) is 8.15. The van der Waals surface area contributed by atoms with Crippen LogP contribution in [0, 0.1) is 32.1 Å². The number of hydrogen-bond donors (Lipinski definition) is 0. The van der Waals surface area contributed by atoms with Crippen LogP contribution in [0.3, 0.4) is 0 Å². The van der Waals surface area contributed by atoms with Gasteiger partial charge in [-0.1, -0.05) is 6.07 Å². The highest BCUT2D eigenvalue weighted by atomic mass is 16.5. The summed E-state index contributed by atoms with van der Waals surface area (Å²) >= 11 is 0. The Morgan fingerprint density at radius 1 is 1.10 bits per heavy atom. The predicted molar refractivity (Wildman–Crippen MR) is 118 cm³/mol. The van der Waals surface area contributed by atoms with E-state index in [0.29, 0.717) is 31.9 Å². The van der Waals surface area contributed by atoms with E-state index in [-0.39, 0.29) is 5.91 Å². The maximum absolute atomic E-state index is 13.1. The fraction of sp³-hybridized carbons (Fsp3) is 0.360. The minimum atomic E-state index is 0.0867. The SMILES string of the molecule is Cc1ccc(C(=O)N2CCOCC2)c(C)c1Cc1cc2c(C)cc(C#N)cc2n1C. The molecule has 0 atom stereocenters. The van der Waals surface area contributed by atoms with E-state index < -0.39 is 0 Å². The first-order valence-electron chi connectivity index (χ1n) is 10.4. The molecule has 2 aromatic carbocycles. The molecule has 5 nitrogen and oxygen atoms in total. The van der Waals surface area contributed by atoms with Crippen molar-refractivity contribution in [2.75, 3.05) is 26.3 Å². The first-order valence-corrected chi connectivity index (χ1v) is 10.4. The predicted octanol–water partition coefficient (Wildman–Crippen LogP) is 4.04. The fourth-order valence-electron chi connectivity index (χ4n) is 4.41. The Balaban J connectivity index is 1.73. The first kappa shape index (κ1) is 20.2. The quantitative estimate of drug-likeness (QED) is 0.666. The molecule has 1 saturated heterocycles. The number of ether oxygens (including phenoxy) is 1. The Morgan fingerprint density at radius 3 is 2.53 bits per heavy atom. The van der Waals surface area contributed by atoms with Crippen molar-refractivity contribution in [1.82, 2.24) is 9.47 Å². The zero-order valence-corrected chi connectivity index (χ0v) is 18.1. The van der Waals surface area contributed by atoms with Crippen LogP contribution in [0.15, 0.2) is 30.3 Å². The van der Waals surface area contributed by atoms with Crippen LogP contribution in [0.25, 0.3) is 10.9 Å². The molecule has 0 N–H and O–H groups in total. The van der Waals surface area contributed by atoms with E-state index in [1.807, 2.05) is 37.1 Å². The summed E-state index contributed by atoms with van der Waals surface area (Å²) in [5.41, 5.74) is 8.23. The van der Waals surface area contributed by atoms with Gasteiger partial charge in [-0.15, -0.1) is 0 Å². The van der Waals surface area contributed by atoms with Gasteiger partial charge in [0.1, 0.15) is 0 Å². The molecule has 1 aliphatic heterocycles. The summed E-state index contributed by atoms with van der Waals surface area (Å²) in [5, 5.41) is 10.5. The molecule has 0 unspecified atom stereocenters. The lowest BCUT2D eigenvalue weighted by atomic mass is 9.93. The molecule has 1 amide bonds. The number of benzene rings is 2. The smallest absolute Gasteiger partial charge is 0.254 e. The van der Waals surface area contributed by atoms with E-state index in [4.69, 9.17) is 4.74 Å². The molecule has 5 heteroatoms. The highest BCUT2D eigenvalue weighted by molar-refractivity contribution is 5.96. The van der Waals surface area contributed by atoms with Crippen LogP contribution in [-0.2, 0) is 18.2 Å². The van der Waals surface area contributed by atoms with Crippen molar-refractivity contribution in [1.29, 1.82) is 5.26 Å². The van der Waals surface area contributed by atoms with Gasteiger partial charge in [0, 0.05) is 48.7 Å². The minimum Gasteiger partial charge on any atom is -0.378 e. The maximum Gasteiger partial charge on any atom is 0.254 e. The summed E-state index contributed by atoms with van der Waals surface area (Å²) in [7, 11) is 2.05. The van der Waals surface area contributed by atoms with Crippen LogP contribution in [0.4, 0.5) is 0 Å². The third kappa shape index (κ3) is 3.48. The van der Waals surface area contributed by atoms with Gasteiger partial charge in [-0.05, 0) is 67.3 Å². The summed E-state index contributed by atoms with van der Waals surface area (Å²) in [6.07, 6.45) is 0.744. The number of hydrogen-bond acceptors (Lipinski definition) is 3. The normalized spacial score (nSPS) is 14.2. The Kier molecular flexibility index (Phi) is 5.36. The van der Waals surface area contributed by atoms with Crippen molar-refractivity contribution in [2.45, 2.75) is 27.2 Å². The topological polar surface area (TPSA) is 58.3 Å². The monoisotopic (exact) mass is 401 g/mol. The van der Waals surface area contributed by atoms with Crippen molar-refractivity contribution < 1.29 is 9.53 Å². The summed E-state index contributed by atoms with van der Waals surface area (Å²) in [4.78, 5) is 15.0. The van der Waals surface area contributed by atoms with Gasteiger partial charge in [0.05, 0.1) is 24.8 Å². The van der Waals surface area contributed by atoms with E-state index in [1.165, 1.54) is 22.2 Å². The Morgan fingerprint density at radius 2 is 1.83 bits per heavy atom.